The van der Waals surface area contributed by atoms with Crippen LogP contribution in [0.15, 0.2) is 29.5 Å². The summed E-state index contributed by atoms with van der Waals surface area (Å²) >= 11 is 14.2. The summed E-state index contributed by atoms with van der Waals surface area (Å²) in [4.78, 5) is 5.17. The first-order valence-corrected chi connectivity index (χ1v) is 9.55. The van der Waals surface area contributed by atoms with Crippen molar-refractivity contribution in [2.45, 2.75) is 48.7 Å². The first-order chi connectivity index (χ1) is 11.0. The molecular weight excluding hydrogens is 353 g/mol. The molecule has 4 atom stereocenters. The second-order valence-corrected chi connectivity index (χ2v) is 8.30. The molecule has 2 bridgehead atoms. The molecule has 1 aromatic rings. The molecule has 0 aromatic heterocycles. The van der Waals surface area contributed by atoms with E-state index in [1.54, 1.807) is 7.11 Å². The zero-order valence-electron chi connectivity index (χ0n) is 13.2. The molecule has 2 heterocycles. The van der Waals surface area contributed by atoms with Gasteiger partial charge in [0, 0.05) is 16.9 Å². The number of aliphatic hydroxyl groups excluding tert-OH is 1. The maximum absolute atomic E-state index is 10.5. The van der Waals surface area contributed by atoms with E-state index in [2.05, 4.69) is 12.4 Å². The van der Waals surface area contributed by atoms with Crippen LogP contribution in [0, 0.1) is 0 Å². The lowest BCUT2D eigenvalue weighted by molar-refractivity contribution is 0.113. The summed E-state index contributed by atoms with van der Waals surface area (Å²) in [6.45, 7) is 2.10. The summed E-state index contributed by atoms with van der Waals surface area (Å²) in [5, 5.41) is 12.2. The van der Waals surface area contributed by atoms with Gasteiger partial charge in [0.05, 0.1) is 28.5 Å². The second-order valence-electron chi connectivity index (χ2n) is 6.04. The molecule has 2 aliphatic heterocycles. The highest BCUT2D eigenvalue weighted by molar-refractivity contribution is 8.01. The zero-order valence-corrected chi connectivity index (χ0v) is 15.5. The van der Waals surface area contributed by atoms with E-state index in [0.717, 1.165) is 30.5 Å². The van der Waals surface area contributed by atoms with Crippen LogP contribution in [-0.4, -0.2) is 28.8 Å². The molecule has 0 aliphatic carbocycles. The van der Waals surface area contributed by atoms with Gasteiger partial charge in [-0.05, 0) is 42.5 Å². The summed E-state index contributed by atoms with van der Waals surface area (Å²) in [6.07, 6.45) is 2.38. The predicted molar refractivity (Wildman–Crippen MR) is 97.1 cm³/mol. The van der Waals surface area contributed by atoms with Crippen LogP contribution in [0.3, 0.4) is 0 Å². The number of fused-ring (bicyclic) bond motifs is 2. The van der Waals surface area contributed by atoms with E-state index in [1.807, 2.05) is 30.0 Å². The fourth-order valence-corrected chi connectivity index (χ4v) is 5.73. The van der Waals surface area contributed by atoms with E-state index in [-0.39, 0.29) is 17.3 Å². The Bertz CT molecular complexity index is 623. The first kappa shape index (κ1) is 17.4. The molecule has 0 spiro atoms. The van der Waals surface area contributed by atoms with Gasteiger partial charge in [-0.2, -0.15) is 0 Å². The van der Waals surface area contributed by atoms with Crippen LogP contribution < -0.4 is 5.48 Å². The topological polar surface area (TPSA) is 41.5 Å². The number of allylic oxidation sites excluding steroid dienone is 1. The van der Waals surface area contributed by atoms with E-state index in [1.165, 1.54) is 5.57 Å². The lowest BCUT2D eigenvalue weighted by atomic mass is 9.84. The molecule has 23 heavy (non-hydrogen) atoms. The Morgan fingerprint density at radius 2 is 2.13 bits per heavy atom. The van der Waals surface area contributed by atoms with Crippen molar-refractivity contribution >= 4 is 35.0 Å². The standard InChI is InChI=1S/C17H21Cl2NO2S/c1-3-14(20-22-2)16-11(7-10-8-15(21)17(16)23-10)9-4-5-12(18)13(19)6-9/h4-6,10-11,15,17,20-21H,3,7-8H2,1-2H3/t10?,11-,15?,17-/m0/s1. The third-order valence-corrected chi connectivity index (χ3v) is 7.02. The van der Waals surface area contributed by atoms with Crippen molar-refractivity contribution in [3.63, 3.8) is 0 Å². The molecule has 0 amide bonds. The summed E-state index contributed by atoms with van der Waals surface area (Å²) in [5.41, 5.74) is 6.47. The van der Waals surface area contributed by atoms with E-state index in [4.69, 9.17) is 28.0 Å². The smallest absolute Gasteiger partial charge is 0.0708 e. The molecule has 2 unspecified atom stereocenters. The van der Waals surface area contributed by atoms with E-state index in [9.17, 15) is 5.11 Å². The third-order valence-electron chi connectivity index (χ3n) is 4.65. The van der Waals surface area contributed by atoms with Gasteiger partial charge in [0.15, 0.2) is 0 Å². The first-order valence-electron chi connectivity index (χ1n) is 7.85. The monoisotopic (exact) mass is 373 g/mol. The van der Waals surface area contributed by atoms with Crippen LogP contribution in [0.25, 0.3) is 0 Å². The quantitative estimate of drug-likeness (QED) is 0.760. The van der Waals surface area contributed by atoms with Crippen molar-refractivity contribution in [2.75, 3.05) is 7.11 Å². The maximum atomic E-state index is 10.5. The number of hydroxylamine groups is 1. The summed E-state index contributed by atoms with van der Waals surface area (Å²) in [5.74, 6) is 0.232. The van der Waals surface area contributed by atoms with Crippen LogP contribution in [0.1, 0.15) is 37.7 Å². The lowest BCUT2D eigenvalue weighted by Crippen LogP contribution is -2.29. The molecule has 2 aliphatic rings. The number of thioether (sulfide) groups is 1. The van der Waals surface area contributed by atoms with Gasteiger partial charge >= 0.3 is 0 Å². The Balaban J connectivity index is 2.06. The normalized spacial score (nSPS) is 32.0. The third kappa shape index (κ3) is 3.38. The number of halogens is 2. The summed E-state index contributed by atoms with van der Waals surface area (Å²) in [6, 6.07) is 5.85. The summed E-state index contributed by atoms with van der Waals surface area (Å²) in [7, 11) is 1.62. The number of hydrogen-bond acceptors (Lipinski definition) is 4. The van der Waals surface area contributed by atoms with Gasteiger partial charge in [0.2, 0.25) is 0 Å². The number of aliphatic hydroxyl groups is 1. The van der Waals surface area contributed by atoms with Gasteiger partial charge in [-0.3, -0.25) is 10.3 Å². The van der Waals surface area contributed by atoms with Crippen LogP contribution >= 0.6 is 35.0 Å². The van der Waals surface area contributed by atoms with Gasteiger partial charge in [-0.1, -0.05) is 36.2 Å². The SMILES string of the molecule is CCC(NOC)=C1[C@H](c2ccc(Cl)c(Cl)c2)CC2CC(O)[C@@H]1S2. The predicted octanol–water partition coefficient (Wildman–Crippen LogP) is 4.53. The highest BCUT2D eigenvalue weighted by Crippen LogP contribution is 2.53. The Morgan fingerprint density at radius 1 is 1.35 bits per heavy atom. The molecule has 6 heteroatoms. The largest absolute Gasteiger partial charge is 0.392 e. The van der Waals surface area contributed by atoms with E-state index in [0.29, 0.717) is 15.3 Å². The van der Waals surface area contributed by atoms with Crippen molar-refractivity contribution in [3.05, 3.63) is 45.1 Å². The average molecular weight is 374 g/mol. The average Bonchev–Trinajstić information content (AvgIpc) is 2.83. The fraction of sp³-hybridized carbons (Fsp3) is 0.529. The number of benzene rings is 1. The molecular formula is C17H21Cl2NO2S. The van der Waals surface area contributed by atoms with Crippen LogP contribution in [0.5, 0.6) is 0 Å². The van der Waals surface area contributed by atoms with Crippen LogP contribution in [-0.2, 0) is 4.84 Å². The van der Waals surface area contributed by atoms with E-state index >= 15 is 0 Å². The second kappa shape index (κ2) is 7.24. The van der Waals surface area contributed by atoms with Crippen molar-refractivity contribution in [2.24, 2.45) is 0 Å². The zero-order chi connectivity index (χ0) is 16.6. The molecule has 2 fully saturated rings. The molecule has 2 saturated heterocycles. The minimum absolute atomic E-state index is 0.116. The van der Waals surface area contributed by atoms with Gasteiger partial charge in [0.25, 0.3) is 0 Å². The minimum atomic E-state index is -0.298. The van der Waals surface area contributed by atoms with Gasteiger partial charge in [-0.15, -0.1) is 11.8 Å². The van der Waals surface area contributed by atoms with Crippen LogP contribution in [0.4, 0.5) is 0 Å². The highest BCUT2D eigenvalue weighted by atomic mass is 35.5. The Hall–Kier alpha value is -0.390. The summed E-state index contributed by atoms with van der Waals surface area (Å²) < 4.78 is 0. The van der Waals surface area contributed by atoms with Gasteiger partial charge < -0.3 is 5.11 Å². The molecule has 0 radical (unpaired) electrons. The molecule has 3 nitrogen and oxygen atoms in total. The number of hydrogen-bond donors (Lipinski definition) is 2. The minimum Gasteiger partial charge on any atom is -0.392 e. The van der Waals surface area contributed by atoms with Gasteiger partial charge in [-0.25, -0.2) is 0 Å². The maximum Gasteiger partial charge on any atom is 0.0708 e. The highest BCUT2D eigenvalue weighted by Gasteiger charge is 2.45. The Labute approximate surface area is 151 Å². The number of nitrogens with one attached hydrogen (secondary N) is 1. The Kier molecular flexibility index (Phi) is 5.49. The van der Waals surface area contributed by atoms with Crippen molar-refractivity contribution in [1.29, 1.82) is 0 Å². The van der Waals surface area contributed by atoms with Gasteiger partial charge in [0.1, 0.15) is 0 Å². The molecule has 3 rings (SSSR count). The molecule has 0 saturated carbocycles. The molecule has 126 valence electrons. The number of rotatable bonds is 4. The molecule has 1 aromatic carbocycles. The van der Waals surface area contributed by atoms with Crippen molar-refractivity contribution in [3.8, 4) is 0 Å². The van der Waals surface area contributed by atoms with Crippen molar-refractivity contribution < 1.29 is 9.94 Å². The Morgan fingerprint density at radius 3 is 2.78 bits per heavy atom. The van der Waals surface area contributed by atoms with E-state index < -0.39 is 0 Å². The van der Waals surface area contributed by atoms with Crippen LogP contribution in [0.2, 0.25) is 10.0 Å². The molecule has 2 N–H and O–H groups in total. The van der Waals surface area contributed by atoms with Crippen molar-refractivity contribution in [1.82, 2.24) is 5.48 Å². The fourth-order valence-electron chi connectivity index (χ4n) is 3.65. The lowest BCUT2D eigenvalue weighted by Gasteiger charge is -2.34.